The van der Waals surface area contributed by atoms with Crippen molar-refractivity contribution in [3.05, 3.63) is 114 Å². The molecule has 3 atom stereocenters. The van der Waals surface area contributed by atoms with Gasteiger partial charge in [0.2, 0.25) is 0 Å². The Morgan fingerprint density at radius 2 is 1.54 bits per heavy atom. The Balaban J connectivity index is 1.14. The molecule has 0 saturated carbocycles. The van der Waals surface area contributed by atoms with Gasteiger partial charge >= 0.3 is 6.16 Å². The van der Waals surface area contributed by atoms with Gasteiger partial charge in [-0.2, -0.15) is 0 Å². The molecule has 0 spiro atoms. The molecular weight excluding hydrogens is 684 g/mol. The smallest absolute Gasteiger partial charge is 0.494 e. The molecule has 0 radical (unpaired) electrons. The minimum atomic E-state index is -0.729. The van der Waals surface area contributed by atoms with Crippen molar-refractivity contribution in [3.63, 3.8) is 0 Å². The van der Waals surface area contributed by atoms with Gasteiger partial charge in [0.25, 0.3) is 0 Å². The van der Waals surface area contributed by atoms with Crippen LogP contribution in [0.25, 0.3) is 10.8 Å². The summed E-state index contributed by atoms with van der Waals surface area (Å²) in [7, 11) is 0. The van der Waals surface area contributed by atoms with E-state index in [1.807, 2.05) is 63.2 Å². The SMILES string of the molecule is CC(C)(C)OC(=O)ON1CC(COCCN2CCOCC2)C(c2ccc(OCCCOCc3ccccc3)cc2)C(OCc2ccc3ccccc3c2)C1. The molecule has 4 aromatic rings. The van der Waals surface area contributed by atoms with Crippen LogP contribution < -0.4 is 4.74 Å². The standard InChI is InChI=1S/C44H56N2O8/c1-44(2,3)53-43(47)54-46-29-39(33-50-27-22-45-20-25-48-26-21-45)42(41(30-46)52-32-35-14-15-36-12-7-8-13-38(36)28-35)37-16-18-40(19-17-37)51-24-9-23-49-31-34-10-5-4-6-11-34/h4-8,10-19,28,39,41-42H,9,20-27,29-33H2,1-3H3. The number of carbonyl (C=O) groups is 1. The predicted octanol–water partition coefficient (Wildman–Crippen LogP) is 7.64. The number of hydrogen-bond acceptors (Lipinski definition) is 10. The van der Waals surface area contributed by atoms with Crippen molar-refractivity contribution >= 4 is 16.9 Å². The highest BCUT2D eigenvalue weighted by atomic mass is 16.8. The second kappa shape index (κ2) is 20.0. The second-order valence-electron chi connectivity index (χ2n) is 15.1. The van der Waals surface area contributed by atoms with Crippen molar-refractivity contribution in [1.82, 2.24) is 9.96 Å². The van der Waals surface area contributed by atoms with E-state index in [9.17, 15) is 4.79 Å². The van der Waals surface area contributed by atoms with E-state index in [0.29, 0.717) is 52.7 Å². The van der Waals surface area contributed by atoms with Gasteiger partial charge in [0.15, 0.2) is 0 Å². The normalized spacial score (nSPS) is 19.8. The summed E-state index contributed by atoms with van der Waals surface area (Å²) in [5.41, 5.74) is 2.68. The molecule has 2 heterocycles. The summed E-state index contributed by atoms with van der Waals surface area (Å²) in [5.74, 6) is 0.730. The van der Waals surface area contributed by atoms with Gasteiger partial charge in [-0.15, -0.1) is 5.06 Å². The Labute approximate surface area is 320 Å². The van der Waals surface area contributed by atoms with Crippen LogP contribution >= 0.6 is 0 Å². The topological polar surface area (TPSA) is 88.2 Å². The Morgan fingerprint density at radius 1 is 0.778 bits per heavy atom. The zero-order valence-corrected chi connectivity index (χ0v) is 32.0. The fraction of sp³-hybridized carbons (Fsp3) is 0.477. The number of piperidine rings is 1. The number of fused-ring (bicyclic) bond motifs is 1. The Kier molecular flexibility index (Phi) is 14.7. The lowest BCUT2D eigenvalue weighted by Gasteiger charge is -2.42. The summed E-state index contributed by atoms with van der Waals surface area (Å²) in [6.45, 7) is 13.7. The predicted molar refractivity (Wildman–Crippen MR) is 208 cm³/mol. The van der Waals surface area contributed by atoms with Crippen molar-refractivity contribution < 1.29 is 38.1 Å². The molecule has 2 saturated heterocycles. The number of ether oxygens (including phenoxy) is 6. The molecule has 54 heavy (non-hydrogen) atoms. The van der Waals surface area contributed by atoms with E-state index in [1.54, 1.807) is 5.06 Å². The zero-order valence-electron chi connectivity index (χ0n) is 32.0. The lowest BCUT2D eigenvalue weighted by Crippen LogP contribution is -2.51. The Hall–Kier alpha value is -4.03. The van der Waals surface area contributed by atoms with Crippen LogP contribution in [0.2, 0.25) is 0 Å². The monoisotopic (exact) mass is 740 g/mol. The average Bonchev–Trinajstić information content (AvgIpc) is 3.17. The van der Waals surface area contributed by atoms with Gasteiger partial charge in [-0.3, -0.25) is 4.90 Å². The third kappa shape index (κ3) is 12.5. The Bertz CT molecular complexity index is 1710. The maximum atomic E-state index is 12.9. The summed E-state index contributed by atoms with van der Waals surface area (Å²) in [4.78, 5) is 21.1. The number of rotatable bonds is 17. The molecule has 3 unspecified atom stereocenters. The van der Waals surface area contributed by atoms with E-state index in [1.165, 1.54) is 10.8 Å². The highest BCUT2D eigenvalue weighted by Crippen LogP contribution is 2.37. The van der Waals surface area contributed by atoms with Gasteiger partial charge < -0.3 is 33.3 Å². The largest absolute Gasteiger partial charge is 0.528 e. The van der Waals surface area contributed by atoms with Crippen molar-refractivity contribution in [2.75, 3.05) is 72.4 Å². The average molecular weight is 741 g/mol. The molecule has 0 amide bonds. The van der Waals surface area contributed by atoms with E-state index in [-0.39, 0.29) is 17.9 Å². The van der Waals surface area contributed by atoms with Crippen LogP contribution in [0.15, 0.2) is 97.1 Å². The molecule has 10 nitrogen and oxygen atoms in total. The van der Waals surface area contributed by atoms with Gasteiger partial charge in [-0.1, -0.05) is 78.9 Å². The maximum Gasteiger partial charge on any atom is 0.528 e. The van der Waals surface area contributed by atoms with Crippen LogP contribution in [0.1, 0.15) is 49.8 Å². The number of morpholine rings is 1. The molecule has 2 aliphatic rings. The van der Waals surface area contributed by atoms with Crippen molar-refractivity contribution in [3.8, 4) is 5.75 Å². The molecule has 0 bridgehead atoms. The molecule has 0 aromatic heterocycles. The highest BCUT2D eigenvalue weighted by molar-refractivity contribution is 5.82. The molecule has 2 aliphatic heterocycles. The van der Waals surface area contributed by atoms with Crippen molar-refractivity contribution in [2.45, 2.75) is 58.0 Å². The van der Waals surface area contributed by atoms with Crippen LogP contribution in [0.4, 0.5) is 4.79 Å². The fourth-order valence-corrected chi connectivity index (χ4v) is 7.00. The summed E-state index contributed by atoms with van der Waals surface area (Å²) >= 11 is 0. The molecule has 6 rings (SSSR count). The summed E-state index contributed by atoms with van der Waals surface area (Å²) in [6.07, 6.45) is -0.249. The first-order chi connectivity index (χ1) is 26.3. The van der Waals surface area contributed by atoms with Crippen LogP contribution in [0.5, 0.6) is 5.75 Å². The summed E-state index contributed by atoms with van der Waals surface area (Å²) in [6, 6.07) is 33.2. The van der Waals surface area contributed by atoms with Crippen LogP contribution in [-0.2, 0) is 41.7 Å². The lowest BCUT2D eigenvalue weighted by molar-refractivity contribution is -0.196. The van der Waals surface area contributed by atoms with Gasteiger partial charge in [0.05, 0.1) is 65.5 Å². The van der Waals surface area contributed by atoms with Crippen LogP contribution in [0, 0.1) is 5.92 Å². The maximum absolute atomic E-state index is 12.9. The molecule has 0 N–H and O–H groups in total. The van der Waals surface area contributed by atoms with Gasteiger partial charge in [-0.25, -0.2) is 4.79 Å². The molecule has 4 aromatic carbocycles. The minimum Gasteiger partial charge on any atom is -0.494 e. The number of hydrogen-bond donors (Lipinski definition) is 0. The number of hydroxylamine groups is 2. The van der Waals surface area contributed by atoms with Crippen LogP contribution in [-0.4, -0.2) is 100 Å². The van der Waals surface area contributed by atoms with E-state index in [2.05, 4.69) is 59.5 Å². The Morgan fingerprint density at radius 3 is 2.31 bits per heavy atom. The number of nitrogens with zero attached hydrogens (tertiary/aromatic N) is 2. The molecule has 2 fully saturated rings. The van der Waals surface area contributed by atoms with Gasteiger partial charge in [0, 0.05) is 44.4 Å². The quantitative estimate of drug-likeness (QED) is 0.0795. The first-order valence-corrected chi connectivity index (χ1v) is 19.3. The van der Waals surface area contributed by atoms with E-state index in [4.69, 9.17) is 33.3 Å². The number of benzene rings is 4. The fourth-order valence-electron chi connectivity index (χ4n) is 7.00. The first kappa shape index (κ1) is 39.7. The third-order valence-electron chi connectivity index (χ3n) is 9.67. The van der Waals surface area contributed by atoms with E-state index in [0.717, 1.165) is 61.7 Å². The minimum absolute atomic E-state index is 0.0345. The molecule has 0 aliphatic carbocycles. The molecule has 10 heteroatoms. The first-order valence-electron chi connectivity index (χ1n) is 19.3. The zero-order chi connectivity index (χ0) is 37.6. The highest BCUT2D eigenvalue weighted by Gasteiger charge is 2.41. The lowest BCUT2D eigenvalue weighted by atomic mass is 9.79. The van der Waals surface area contributed by atoms with Crippen molar-refractivity contribution in [2.24, 2.45) is 5.92 Å². The molecular formula is C44H56N2O8. The third-order valence-corrected chi connectivity index (χ3v) is 9.67. The number of carbonyl (C=O) groups excluding carboxylic acids is 1. The van der Waals surface area contributed by atoms with E-state index < -0.39 is 11.8 Å². The van der Waals surface area contributed by atoms with Gasteiger partial charge in [-0.05, 0) is 66.4 Å². The molecule has 290 valence electrons. The summed E-state index contributed by atoms with van der Waals surface area (Å²) < 4.78 is 36.2. The van der Waals surface area contributed by atoms with Crippen LogP contribution in [0.3, 0.4) is 0 Å². The van der Waals surface area contributed by atoms with E-state index >= 15 is 0 Å². The van der Waals surface area contributed by atoms with Gasteiger partial charge in [0.1, 0.15) is 11.4 Å². The summed E-state index contributed by atoms with van der Waals surface area (Å²) in [5, 5.41) is 4.03. The second-order valence-corrected chi connectivity index (χ2v) is 15.1. The van der Waals surface area contributed by atoms with Crippen molar-refractivity contribution in [1.29, 1.82) is 0 Å².